The SMILES string of the molecule is COCn1nccc1CNc1ccc(C2CCOC2)cc1. The molecule has 1 aliphatic rings. The van der Waals surface area contributed by atoms with Gasteiger partial charge >= 0.3 is 0 Å². The lowest BCUT2D eigenvalue weighted by molar-refractivity contribution is 0.118. The lowest BCUT2D eigenvalue weighted by Crippen LogP contribution is -2.10. The monoisotopic (exact) mass is 287 g/mol. The molecule has 1 saturated heterocycles. The maximum atomic E-state index is 5.44. The van der Waals surface area contributed by atoms with Crippen LogP contribution in [0.2, 0.25) is 0 Å². The minimum absolute atomic E-state index is 0.477. The summed E-state index contributed by atoms with van der Waals surface area (Å²) < 4.78 is 12.4. The van der Waals surface area contributed by atoms with Gasteiger partial charge in [-0.3, -0.25) is 0 Å². The predicted octanol–water partition coefficient (Wildman–Crippen LogP) is 2.60. The Morgan fingerprint density at radius 3 is 2.90 bits per heavy atom. The zero-order valence-electron chi connectivity index (χ0n) is 12.3. The number of benzene rings is 1. The molecule has 0 aliphatic carbocycles. The van der Waals surface area contributed by atoms with Gasteiger partial charge in [-0.15, -0.1) is 0 Å². The molecule has 0 spiro atoms. The first-order valence-corrected chi connectivity index (χ1v) is 7.28. The molecule has 5 heteroatoms. The van der Waals surface area contributed by atoms with Crippen molar-refractivity contribution >= 4 is 5.69 Å². The second kappa shape index (κ2) is 6.74. The van der Waals surface area contributed by atoms with E-state index in [-0.39, 0.29) is 0 Å². The van der Waals surface area contributed by atoms with Gasteiger partial charge in [0.2, 0.25) is 0 Å². The van der Waals surface area contributed by atoms with Gasteiger partial charge in [-0.05, 0) is 30.2 Å². The average Bonchev–Trinajstić information content (AvgIpc) is 3.18. The van der Waals surface area contributed by atoms with Gasteiger partial charge in [-0.1, -0.05) is 12.1 Å². The molecule has 5 nitrogen and oxygen atoms in total. The highest BCUT2D eigenvalue weighted by atomic mass is 16.5. The summed E-state index contributed by atoms with van der Waals surface area (Å²) in [5, 5.41) is 7.64. The zero-order valence-corrected chi connectivity index (χ0v) is 12.3. The molecule has 1 aromatic heterocycles. The lowest BCUT2D eigenvalue weighted by atomic mass is 9.98. The van der Waals surface area contributed by atoms with Gasteiger partial charge in [0.05, 0.1) is 18.8 Å². The van der Waals surface area contributed by atoms with E-state index in [2.05, 4.69) is 34.7 Å². The molecule has 2 heterocycles. The van der Waals surface area contributed by atoms with Gasteiger partial charge in [-0.25, -0.2) is 4.68 Å². The highest BCUT2D eigenvalue weighted by Gasteiger charge is 2.17. The molecule has 0 radical (unpaired) electrons. The molecule has 2 aromatic rings. The normalized spacial score (nSPS) is 18.0. The van der Waals surface area contributed by atoms with Crippen LogP contribution in [0.15, 0.2) is 36.5 Å². The van der Waals surface area contributed by atoms with Crippen molar-refractivity contribution in [2.45, 2.75) is 25.6 Å². The van der Waals surface area contributed by atoms with Crippen molar-refractivity contribution in [1.82, 2.24) is 9.78 Å². The second-order valence-corrected chi connectivity index (χ2v) is 5.28. The van der Waals surface area contributed by atoms with E-state index in [4.69, 9.17) is 9.47 Å². The topological polar surface area (TPSA) is 48.3 Å². The van der Waals surface area contributed by atoms with Crippen molar-refractivity contribution in [1.29, 1.82) is 0 Å². The van der Waals surface area contributed by atoms with Gasteiger partial charge in [0.25, 0.3) is 0 Å². The number of anilines is 1. The Morgan fingerprint density at radius 2 is 2.19 bits per heavy atom. The number of nitrogens with one attached hydrogen (secondary N) is 1. The van der Waals surface area contributed by atoms with Gasteiger partial charge in [0, 0.05) is 31.5 Å². The smallest absolute Gasteiger partial charge is 0.139 e. The quantitative estimate of drug-likeness (QED) is 0.887. The maximum Gasteiger partial charge on any atom is 0.139 e. The zero-order chi connectivity index (χ0) is 14.5. The second-order valence-electron chi connectivity index (χ2n) is 5.28. The summed E-state index contributed by atoms with van der Waals surface area (Å²) in [6.07, 6.45) is 2.92. The number of aromatic nitrogens is 2. The Labute approximate surface area is 124 Å². The highest BCUT2D eigenvalue weighted by molar-refractivity contribution is 5.45. The summed E-state index contributed by atoms with van der Waals surface area (Å²) in [4.78, 5) is 0. The molecular weight excluding hydrogens is 266 g/mol. The van der Waals surface area contributed by atoms with E-state index < -0.39 is 0 Å². The summed E-state index contributed by atoms with van der Waals surface area (Å²) >= 11 is 0. The van der Waals surface area contributed by atoms with Crippen LogP contribution in [0.4, 0.5) is 5.69 Å². The average molecular weight is 287 g/mol. The van der Waals surface area contributed by atoms with Crippen LogP contribution in [0.1, 0.15) is 23.6 Å². The number of methoxy groups -OCH3 is 1. The van der Waals surface area contributed by atoms with E-state index in [9.17, 15) is 0 Å². The van der Waals surface area contributed by atoms with Crippen LogP contribution in [0, 0.1) is 0 Å². The Bertz CT molecular complexity index is 559. The van der Waals surface area contributed by atoms with Gasteiger partial charge in [0.15, 0.2) is 0 Å². The molecule has 1 N–H and O–H groups in total. The number of nitrogens with zero attached hydrogens (tertiary/aromatic N) is 2. The van der Waals surface area contributed by atoms with E-state index in [1.54, 1.807) is 13.3 Å². The fourth-order valence-electron chi connectivity index (χ4n) is 2.61. The third-order valence-electron chi connectivity index (χ3n) is 3.84. The van der Waals surface area contributed by atoms with Crippen molar-refractivity contribution in [3.05, 3.63) is 47.8 Å². The fourth-order valence-corrected chi connectivity index (χ4v) is 2.61. The first-order valence-electron chi connectivity index (χ1n) is 7.28. The summed E-state index contributed by atoms with van der Waals surface area (Å²) in [7, 11) is 1.67. The van der Waals surface area contributed by atoms with E-state index in [0.717, 1.165) is 37.6 Å². The Kier molecular flexibility index (Phi) is 4.52. The number of ether oxygens (including phenoxy) is 2. The van der Waals surface area contributed by atoms with Crippen molar-refractivity contribution in [2.24, 2.45) is 0 Å². The van der Waals surface area contributed by atoms with Crippen LogP contribution in [-0.4, -0.2) is 30.1 Å². The Balaban J connectivity index is 1.58. The van der Waals surface area contributed by atoms with Gasteiger partial charge < -0.3 is 14.8 Å². The van der Waals surface area contributed by atoms with Gasteiger partial charge in [0.1, 0.15) is 6.73 Å². The minimum atomic E-state index is 0.477. The number of hydrogen-bond acceptors (Lipinski definition) is 4. The third kappa shape index (κ3) is 3.43. The fraction of sp³-hybridized carbons (Fsp3) is 0.438. The van der Waals surface area contributed by atoms with Crippen molar-refractivity contribution < 1.29 is 9.47 Å². The van der Waals surface area contributed by atoms with E-state index >= 15 is 0 Å². The standard InChI is InChI=1S/C16H21N3O2/c1-20-12-19-16(6-8-18-19)10-17-15-4-2-13(3-5-15)14-7-9-21-11-14/h2-6,8,14,17H,7,9-12H2,1H3. The molecule has 1 atom stereocenters. The van der Waals surface area contributed by atoms with Crippen LogP contribution in [-0.2, 0) is 22.7 Å². The molecule has 3 rings (SSSR count). The van der Waals surface area contributed by atoms with Crippen LogP contribution in [0.25, 0.3) is 0 Å². The molecule has 0 amide bonds. The van der Waals surface area contributed by atoms with Gasteiger partial charge in [-0.2, -0.15) is 5.10 Å². The van der Waals surface area contributed by atoms with E-state index in [0.29, 0.717) is 12.6 Å². The van der Waals surface area contributed by atoms with Crippen LogP contribution >= 0.6 is 0 Å². The molecule has 1 unspecified atom stereocenters. The third-order valence-corrected chi connectivity index (χ3v) is 3.84. The summed E-state index contributed by atoms with van der Waals surface area (Å²) in [6.45, 7) is 2.94. The summed E-state index contributed by atoms with van der Waals surface area (Å²) in [5.74, 6) is 0.558. The maximum absolute atomic E-state index is 5.44. The lowest BCUT2D eigenvalue weighted by Gasteiger charge is -2.11. The molecular formula is C16H21N3O2. The molecule has 1 aliphatic heterocycles. The van der Waals surface area contributed by atoms with Crippen molar-refractivity contribution in [3.8, 4) is 0 Å². The first-order chi connectivity index (χ1) is 10.4. The van der Waals surface area contributed by atoms with Crippen LogP contribution < -0.4 is 5.32 Å². The molecule has 0 saturated carbocycles. The molecule has 21 heavy (non-hydrogen) atoms. The van der Waals surface area contributed by atoms with Crippen LogP contribution in [0.3, 0.4) is 0 Å². The number of hydrogen-bond donors (Lipinski definition) is 1. The first kappa shape index (κ1) is 14.1. The van der Waals surface area contributed by atoms with Crippen LogP contribution in [0.5, 0.6) is 0 Å². The Morgan fingerprint density at radius 1 is 1.33 bits per heavy atom. The molecule has 0 bridgehead atoms. The largest absolute Gasteiger partial charge is 0.381 e. The van der Waals surface area contributed by atoms with E-state index in [1.165, 1.54) is 5.56 Å². The molecule has 1 aromatic carbocycles. The number of rotatable bonds is 6. The van der Waals surface area contributed by atoms with Crippen molar-refractivity contribution in [2.75, 3.05) is 25.6 Å². The molecule has 112 valence electrons. The van der Waals surface area contributed by atoms with Crippen molar-refractivity contribution in [3.63, 3.8) is 0 Å². The molecule has 1 fully saturated rings. The minimum Gasteiger partial charge on any atom is -0.381 e. The highest BCUT2D eigenvalue weighted by Crippen LogP contribution is 2.26. The summed E-state index contributed by atoms with van der Waals surface area (Å²) in [5.41, 5.74) is 3.58. The predicted molar refractivity (Wildman–Crippen MR) is 81.2 cm³/mol. The Hall–Kier alpha value is -1.85. The summed E-state index contributed by atoms with van der Waals surface area (Å²) in [6, 6.07) is 10.6. The van der Waals surface area contributed by atoms with E-state index in [1.807, 2.05) is 10.7 Å².